The van der Waals surface area contributed by atoms with Gasteiger partial charge in [-0.2, -0.15) is 5.26 Å². The molecule has 2 aromatic carbocycles. The summed E-state index contributed by atoms with van der Waals surface area (Å²) in [6, 6.07) is 15.9. The van der Waals surface area contributed by atoms with Crippen molar-refractivity contribution in [1.29, 1.82) is 5.26 Å². The summed E-state index contributed by atoms with van der Waals surface area (Å²) < 4.78 is 23.3. The summed E-state index contributed by atoms with van der Waals surface area (Å²) in [6.07, 6.45) is 1.11. The van der Waals surface area contributed by atoms with Crippen molar-refractivity contribution < 1.29 is 18.3 Å². The lowest BCUT2D eigenvalue weighted by atomic mass is 9.98. The Balaban J connectivity index is 2.18. The van der Waals surface area contributed by atoms with Gasteiger partial charge < -0.3 is 10.8 Å². The molecule has 0 spiro atoms. The third-order valence-corrected chi connectivity index (χ3v) is 5.29. The lowest BCUT2D eigenvalue weighted by molar-refractivity contribution is 0.0697. The van der Waals surface area contributed by atoms with Crippen molar-refractivity contribution in [2.75, 3.05) is 12.0 Å². The van der Waals surface area contributed by atoms with Crippen molar-refractivity contribution in [3.05, 3.63) is 65.7 Å². The number of aromatic carboxylic acids is 1. The normalized spacial score (nSPS) is 11.0. The molecular weight excluding hydrogens is 378 g/mol. The Hall–Kier alpha value is -3.70. The van der Waals surface area contributed by atoms with Gasteiger partial charge in [-0.05, 0) is 35.9 Å². The van der Waals surface area contributed by atoms with Crippen LogP contribution in [-0.4, -0.2) is 30.7 Å². The molecule has 3 N–H and O–H groups in total. The maximum Gasteiger partial charge on any atom is 0.335 e. The number of hydrogen-bond donors (Lipinski definition) is 2. The van der Waals surface area contributed by atoms with Crippen LogP contribution in [0.2, 0.25) is 0 Å². The van der Waals surface area contributed by atoms with Crippen LogP contribution in [0.25, 0.3) is 22.4 Å². The minimum atomic E-state index is -3.35. The zero-order valence-corrected chi connectivity index (χ0v) is 15.6. The van der Waals surface area contributed by atoms with Crippen LogP contribution in [-0.2, 0) is 9.84 Å². The van der Waals surface area contributed by atoms with Gasteiger partial charge in [0.2, 0.25) is 0 Å². The van der Waals surface area contributed by atoms with E-state index >= 15 is 0 Å². The highest BCUT2D eigenvalue weighted by Crippen LogP contribution is 2.32. The molecule has 0 bridgehead atoms. The van der Waals surface area contributed by atoms with E-state index < -0.39 is 15.8 Å². The number of carbonyl (C=O) groups is 1. The maximum atomic E-state index is 11.7. The Morgan fingerprint density at radius 3 is 2.36 bits per heavy atom. The number of nitrogens with zero attached hydrogens (tertiary/aromatic N) is 2. The van der Waals surface area contributed by atoms with Gasteiger partial charge >= 0.3 is 5.97 Å². The summed E-state index contributed by atoms with van der Waals surface area (Å²) in [5, 5.41) is 18.7. The highest BCUT2D eigenvalue weighted by atomic mass is 32.2. The van der Waals surface area contributed by atoms with E-state index in [1.165, 1.54) is 24.3 Å². The lowest BCUT2D eigenvalue weighted by Crippen LogP contribution is -2.01. The van der Waals surface area contributed by atoms with E-state index in [2.05, 4.69) is 4.98 Å². The molecule has 1 aromatic heterocycles. The highest BCUT2D eigenvalue weighted by Gasteiger charge is 2.15. The van der Waals surface area contributed by atoms with Crippen molar-refractivity contribution in [3.8, 4) is 28.5 Å². The van der Waals surface area contributed by atoms with Gasteiger partial charge in [-0.15, -0.1) is 0 Å². The second-order valence-electron chi connectivity index (χ2n) is 6.11. The van der Waals surface area contributed by atoms with Gasteiger partial charge in [-0.3, -0.25) is 0 Å². The van der Waals surface area contributed by atoms with E-state index in [9.17, 15) is 23.6 Å². The second kappa shape index (κ2) is 7.13. The number of anilines is 1. The number of sulfone groups is 1. The quantitative estimate of drug-likeness (QED) is 0.696. The Bertz CT molecular complexity index is 1230. The second-order valence-corrected chi connectivity index (χ2v) is 8.13. The molecule has 0 amide bonds. The first-order valence-corrected chi connectivity index (χ1v) is 9.94. The Morgan fingerprint density at radius 2 is 1.79 bits per heavy atom. The molecule has 3 aromatic rings. The molecule has 3 rings (SSSR count). The third kappa shape index (κ3) is 3.70. The highest BCUT2D eigenvalue weighted by molar-refractivity contribution is 7.90. The van der Waals surface area contributed by atoms with Crippen LogP contribution in [0, 0.1) is 11.3 Å². The van der Waals surface area contributed by atoms with Crippen LogP contribution in [0.4, 0.5) is 5.82 Å². The summed E-state index contributed by atoms with van der Waals surface area (Å²) in [6.45, 7) is 0. The maximum absolute atomic E-state index is 11.7. The van der Waals surface area contributed by atoms with Gasteiger partial charge in [0.05, 0.1) is 16.2 Å². The molecule has 0 aliphatic carbocycles. The fourth-order valence-electron chi connectivity index (χ4n) is 2.75. The van der Waals surface area contributed by atoms with Crippen molar-refractivity contribution in [1.82, 2.24) is 4.98 Å². The molecule has 28 heavy (non-hydrogen) atoms. The van der Waals surface area contributed by atoms with Crippen LogP contribution in [0.15, 0.2) is 59.5 Å². The Morgan fingerprint density at radius 1 is 1.11 bits per heavy atom. The number of nitrogens with two attached hydrogens (primary N) is 1. The molecule has 0 aliphatic rings. The molecular formula is C20H15N3O4S. The summed E-state index contributed by atoms with van der Waals surface area (Å²) >= 11 is 0. The molecule has 0 saturated carbocycles. The zero-order valence-electron chi connectivity index (χ0n) is 14.7. The lowest BCUT2D eigenvalue weighted by Gasteiger charge is -2.11. The third-order valence-electron chi connectivity index (χ3n) is 4.16. The van der Waals surface area contributed by atoms with Gasteiger partial charge in [0.25, 0.3) is 0 Å². The molecule has 7 nitrogen and oxygen atoms in total. The van der Waals surface area contributed by atoms with E-state index in [1.54, 1.807) is 30.3 Å². The Kier molecular flexibility index (Phi) is 4.86. The standard InChI is InChI=1S/C20H15N3O4S/c1-28(26,27)15-7-5-12(6-8-15)16-10-18(23-19(22)17(16)11-21)13-3-2-4-14(9-13)20(24)25/h2-10H,1H3,(H2,22,23)(H,24,25). The smallest absolute Gasteiger partial charge is 0.335 e. The fourth-order valence-corrected chi connectivity index (χ4v) is 3.38. The number of aromatic nitrogens is 1. The molecule has 0 radical (unpaired) electrons. The average Bonchev–Trinajstić information content (AvgIpc) is 2.67. The van der Waals surface area contributed by atoms with Crippen molar-refractivity contribution in [3.63, 3.8) is 0 Å². The van der Waals surface area contributed by atoms with E-state index in [-0.39, 0.29) is 21.8 Å². The fraction of sp³-hybridized carbons (Fsp3) is 0.0500. The number of nitrogen functional groups attached to an aromatic ring is 1. The summed E-state index contributed by atoms with van der Waals surface area (Å²) in [5.74, 6) is -1.07. The number of hydrogen-bond acceptors (Lipinski definition) is 6. The topological polar surface area (TPSA) is 134 Å². The first-order valence-electron chi connectivity index (χ1n) is 8.05. The number of pyridine rings is 1. The minimum Gasteiger partial charge on any atom is -0.478 e. The summed E-state index contributed by atoms with van der Waals surface area (Å²) in [7, 11) is -3.35. The van der Waals surface area contributed by atoms with Gasteiger partial charge in [0.1, 0.15) is 17.5 Å². The van der Waals surface area contributed by atoms with E-state index in [0.717, 1.165) is 6.26 Å². The van der Waals surface area contributed by atoms with Crippen LogP contribution >= 0.6 is 0 Å². The van der Waals surface area contributed by atoms with Crippen molar-refractivity contribution in [2.24, 2.45) is 0 Å². The largest absolute Gasteiger partial charge is 0.478 e. The molecule has 0 unspecified atom stereocenters. The number of nitriles is 1. The number of carboxylic acids is 1. The van der Waals surface area contributed by atoms with Crippen LogP contribution < -0.4 is 5.73 Å². The Labute approximate surface area is 161 Å². The number of carboxylic acid groups (broad SMARTS) is 1. The van der Waals surface area contributed by atoms with Crippen LogP contribution in [0.5, 0.6) is 0 Å². The van der Waals surface area contributed by atoms with Gasteiger partial charge in [-0.25, -0.2) is 18.2 Å². The van der Waals surface area contributed by atoms with Gasteiger partial charge in [-0.1, -0.05) is 24.3 Å². The molecule has 1 heterocycles. The number of rotatable bonds is 4. The van der Waals surface area contributed by atoms with Crippen molar-refractivity contribution in [2.45, 2.75) is 4.90 Å². The molecule has 0 saturated heterocycles. The number of benzene rings is 2. The molecule has 0 aliphatic heterocycles. The van der Waals surface area contributed by atoms with Gasteiger partial charge in [0, 0.05) is 17.4 Å². The van der Waals surface area contributed by atoms with Crippen LogP contribution in [0.1, 0.15) is 15.9 Å². The van der Waals surface area contributed by atoms with Crippen LogP contribution in [0.3, 0.4) is 0 Å². The van der Waals surface area contributed by atoms with Crippen molar-refractivity contribution >= 4 is 21.6 Å². The zero-order chi connectivity index (χ0) is 20.5. The van der Waals surface area contributed by atoms with E-state index in [0.29, 0.717) is 22.4 Å². The first kappa shape index (κ1) is 19.1. The van der Waals surface area contributed by atoms with Gasteiger partial charge in [0.15, 0.2) is 9.84 Å². The minimum absolute atomic E-state index is 0.00270. The van der Waals surface area contributed by atoms with E-state index in [1.807, 2.05) is 6.07 Å². The molecule has 0 fully saturated rings. The van der Waals surface area contributed by atoms with E-state index in [4.69, 9.17) is 5.73 Å². The summed E-state index contributed by atoms with van der Waals surface area (Å²) in [4.78, 5) is 15.6. The SMILES string of the molecule is CS(=O)(=O)c1ccc(-c2cc(-c3cccc(C(=O)O)c3)nc(N)c2C#N)cc1. The molecule has 8 heteroatoms. The summed E-state index contributed by atoms with van der Waals surface area (Å²) in [5.41, 5.74) is 8.22. The predicted octanol–water partition coefficient (Wildman–Crippen LogP) is 2.97. The average molecular weight is 393 g/mol. The molecule has 140 valence electrons. The predicted molar refractivity (Wildman–Crippen MR) is 104 cm³/mol. The first-order chi connectivity index (χ1) is 13.2. The monoisotopic (exact) mass is 393 g/mol. The molecule has 0 atom stereocenters.